The maximum absolute atomic E-state index is 12.0. The maximum atomic E-state index is 12.0. The lowest BCUT2D eigenvalue weighted by molar-refractivity contribution is -0.129. The molecule has 0 spiro atoms. The summed E-state index contributed by atoms with van der Waals surface area (Å²) in [6.07, 6.45) is 0.0243. The van der Waals surface area contributed by atoms with Gasteiger partial charge in [-0.25, -0.2) is 9.78 Å². The third kappa shape index (κ3) is 5.17. The van der Waals surface area contributed by atoms with Crippen LogP contribution in [0.5, 0.6) is 0 Å². The fourth-order valence-corrected chi connectivity index (χ4v) is 1.97. The van der Waals surface area contributed by atoms with E-state index in [4.69, 9.17) is 27.9 Å². The number of benzene rings is 1. The van der Waals surface area contributed by atoms with Crippen LogP contribution in [0.4, 0.5) is 0 Å². The van der Waals surface area contributed by atoms with Gasteiger partial charge >= 0.3 is 5.97 Å². The van der Waals surface area contributed by atoms with Crippen LogP contribution in [0.3, 0.4) is 0 Å². The first kappa shape index (κ1) is 18.7. The molecule has 0 unspecified atom stereocenters. The lowest BCUT2D eigenvalue weighted by Crippen LogP contribution is -2.46. The number of hydrogen-bond donors (Lipinski definition) is 2. The number of pyridine rings is 1. The van der Waals surface area contributed by atoms with E-state index in [1.165, 1.54) is 19.2 Å². The minimum atomic E-state index is -1.15. The predicted octanol–water partition coefficient (Wildman–Crippen LogP) is 2.39. The summed E-state index contributed by atoms with van der Waals surface area (Å²) in [7, 11) is 0. The van der Waals surface area contributed by atoms with Gasteiger partial charge in [-0.05, 0) is 25.1 Å². The standard InChI is InChI=1S/C16H13Cl2N3O4/c1-9(25-16(24)11-7-12(17)13(18)19-8-11)14(22)20-21-15(23)10-5-3-2-4-6-10/h2-9H,1H3,(H,20,22)(H,21,23)/t9-/m0/s1. The average molecular weight is 382 g/mol. The molecule has 130 valence electrons. The number of hydrazine groups is 1. The Hall–Kier alpha value is -2.64. The smallest absolute Gasteiger partial charge is 0.340 e. The molecular weight excluding hydrogens is 369 g/mol. The fraction of sp³-hybridized carbons (Fsp3) is 0.125. The molecule has 25 heavy (non-hydrogen) atoms. The van der Waals surface area contributed by atoms with Crippen molar-refractivity contribution in [3.8, 4) is 0 Å². The number of aromatic nitrogens is 1. The summed E-state index contributed by atoms with van der Waals surface area (Å²) in [5.41, 5.74) is 4.82. The normalized spacial score (nSPS) is 11.3. The number of esters is 1. The van der Waals surface area contributed by atoms with E-state index in [-0.39, 0.29) is 15.7 Å². The van der Waals surface area contributed by atoms with Gasteiger partial charge in [-0.3, -0.25) is 20.4 Å². The van der Waals surface area contributed by atoms with E-state index in [1.807, 2.05) is 0 Å². The Morgan fingerprint density at radius 2 is 1.76 bits per heavy atom. The molecule has 1 aromatic heterocycles. The summed E-state index contributed by atoms with van der Waals surface area (Å²) in [5.74, 6) is -2.00. The van der Waals surface area contributed by atoms with E-state index in [0.717, 1.165) is 0 Å². The lowest BCUT2D eigenvalue weighted by atomic mass is 10.2. The molecule has 2 amide bonds. The number of carbonyl (C=O) groups excluding carboxylic acids is 3. The van der Waals surface area contributed by atoms with Gasteiger partial charge in [-0.15, -0.1) is 0 Å². The molecule has 0 aliphatic heterocycles. The van der Waals surface area contributed by atoms with Gasteiger partial charge in [0.25, 0.3) is 11.8 Å². The van der Waals surface area contributed by atoms with Crippen LogP contribution in [0.1, 0.15) is 27.6 Å². The zero-order valence-electron chi connectivity index (χ0n) is 13.0. The predicted molar refractivity (Wildman–Crippen MR) is 91.2 cm³/mol. The summed E-state index contributed by atoms with van der Waals surface area (Å²) in [4.78, 5) is 39.4. The summed E-state index contributed by atoms with van der Waals surface area (Å²) in [6.45, 7) is 1.35. The zero-order chi connectivity index (χ0) is 18.4. The third-order valence-corrected chi connectivity index (χ3v) is 3.71. The second-order valence-corrected chi connectivity index (χ2v) is 5.62. The average Bonchev–Trinajstić information content (AvgIpc) is 2.62. The van der Waals surface area contributed by atoms with Crippen molar-refractivity contribution in [2.75, 3.05) is 0 Å². The first-order chi connectivity index (χ1) is 11.9. The Bertz CT molecular complexity index is 799. The van der Waals surface area contributed by atoms with Gasteiger partial charge in [0, 0.05) is 11.8 Å². The fourth-order valence-electron chi connectivity index (χ4n) is 1.70. The third-order valence-electron chi connectivity index (χ3n) is 3.02. The van der Waals surface area contributed by atoms with Crippen molar-refractivity contribution >= 4 is 41.0 Å². The van der Waals surface area contributed by atoms with Gasteiger partial charge in [0.05, 0.1) is 10.6 Å². The van der Waals surface area contributed by atoms with Crippen molar-refractivity contribution < 1.29 is 19.1 Å². The molecule has 7 nitrogen and oxygen atoms in total. The Morgan fingerprint density at radius 1 is 1.08 bits per heavy atom. The van der Waals surface area contributed by atoms with Crippen LogP contribution in [0.25, 0.3) is 0 Å². The quantitative estimate of drug-likeness (QED) is 0.481. The van der Waals surface area contributed by atoms with Gasteiger partial charge in [-0.1, -0.05) is 41.4 Å². The molecule has 2 rings (SSSR count). The van der Waals surface area contributed by atoms with E-state index < -0.39 is 23.9 Å². The molecule has 0 saturated heterocycles. The highest BCUT2D eigenvalue weighted by atomic mass is 35.5. The highest BCUT2D eigenvalue weighted by Crippen LogP contribution is 2.20. The second-order valence-electron chi connectivity index (χ2n) is 4.85. The Balaban J connectivity index is 1.88. The van der Waals surface area contributed by atoms with E-state index in [9.17, 15) is 14.4 Å². The van der Waals surface area contributed by atoms with Crippen molar-refractivity contribution in [2.24, 2.45) is 0 Å². The monoisotopic (exact) mass is 381 g/mol. The van der Waals surface area contributed by atoms with E-state index in [1.54, 1.807) is 30.3 Å². The van der Waals surface area contributed by atoms with Crippen molar-refractivity contribution in [1.82, 2.24) is 15.8 Å². The van der Waals surface area contributed by atoms with Gasteiger partial charge < -0.3 is 4.74 Å². The highest BCUT2D eigenvalue weighted by Gasteiger charge is 2.20. The number of nitrogens with one attached hydrogen (secondary N) is 2. The van der Waals surface area contributed by atoms with Gasteiger partial charge in [-0.2, -0.15) is 0 Å². The van der Waals surface area contributed by atoms with Crippen LogP contribution in [-0.2, 0) is 9.53 Å². The number of hydrogen-bond acceptors (Lipinski definition) is 5. The van der Waals surface area contributed by atoms with Gasteiger partial charge in [0.2, 0.25) is 0 Å². The summed E-state index contributed by atoms with van der Waals surface area (Å²) < 4.78 is 4.99. The van der Waals surface area contributed by atoms with Crippen LogP contribution in [0, 0.1) is 0 Å². The summed E-state index contributed by atoms with van der Waals surface area (Å²) in [6, 6.07) is 9.58. The molecule has 0 aliphatic rings. The molecule has 0 saturated carbocycles. The Kier molecular flexibility index (Phi) is 6.32. The van der Waals surface area contributed by atoms with E-state index >= 15 is 0 Å². The van der Waals surface area contributed by atoms with Gasteiger partial charge in [0.15, 0.2) is 6.10 Å². The molecule has 0 aliphatic carbocycles. The minimum absolute atomic E-state index is 0.0439. The number of halogens is 2. The molecule has 9 heteroatoms. The SMILES string of the molecule is C[C@H](OC(=O)c1cnc(Cl)c(Cl)c1)C(=O)NNC(=O)c1ccccc1. The molecule has 2 N–H and O–H groups in total. The molecule has 2 aromatic rings. The largest absolute Gasteiger partial charge is 0.449 e. The molecule has 0 bridgehead atoms. The topological polar surface area (TPSA) is 97.4 Å². The van der Waals surface area contributed by atoms with E-state index in [2.05, 4.69) is 15.8 Å². The maximum Gasteiger partial charge on any atom is 0.340 e. The first-order valence-corrected chi connectivity index (χ1v) is 7.81. The molecule has 1 atom stereocenters. The van der Waals surface area contributed by atoms with Crippen LogP contribution in [0.15, 0.2) is 42.6 Å². The number of carbonyl (C=O) groups is 3. The molecule has 0 radical (unpaired) electrons. The van der Waals surface area contributed by atoms with Crippen molar-refractivity contribution in [2.45, 2.75) is 13.0 Å². The van der Waals surface area contributed by atoms with Crippen LogP contribution in [0.2, 0.25) is 10.2 Å². The van der Waals surface area contributed by atoms with Crippen LogP contribution >= 0.6 is 23.2 Å². The van der Waals surface area contributed by atoms with Crippen LogP contribution in [-0.4, -0.2) is 28.9 Å². The molecule has 0 fully saturated rings. The van der Waals surface area contributed by atoms with Crippen LogP contribution < -0.4 is 10.9 Å². The number of ether oxygens (including phenoxy) is 1. The van der Waals surface area contributed by atoms with Crippen molar-refractivity contribution in [3.05, 3.63) is 63.9 Å². The Morgan fingerprint density at radius 3 is 2.40 bits per heavy atom. The zero-order valence-corrected chi connectivity index (χ0v) is 14.5. The molecule has 1 heterocycles. The Labute approximate surface area is 153 Å². The summed E-state index contributed by atoms with van der Waals surface area (Å²) >= 11 is 11.4. The number of amides is 2. The van der Waals surface area contributed by atoms with Crippen molar-refractivity contribution in [3.63, 3.8) is 0 Å². The van der Waals surface area contributed by atoms with Crippen molar-refractivity contribution in [1.29, 1.82) is 0 Å². The summed E-state index contributed by atoms with van der Waals surface area (Å²) in [5, 5.41) is 0.135. The highest BCUT2D eigenvalue weighted by molar-refractivity contribution is 6.41. The first-order valence-electron chi connectivity index (χ1n) is 7.05. The van der Waals surface area contributed by atoms with Gasteiger partial charge in [0.1, 0.15) is 5.15 Å². The number of rotatable bonds is 4. The second kappa shape index (κ2) is 8.46. The molecular formula is C16H13Cl2N3O4. The number of nitrogens with zero attached hydrogens (tertiary/aromatic N) is 1. The van der Waals surface area contributed by atoms with E-state index in [0.29, 0.717) is 5.56 Å². The minimum Gasteiger partial charge on any atom is -0.449 e. The molecule has 1 aromatic carbocycles. The lowest BCUT2D eigenvalue weighted by Gasteiger charge is -2.14.